The summed E-state index contributed by atoms with van der Waals surface area (Å²) in [5.74, 6) is 0.677. The predicted molar refractivity (Wildman–Crippen MR) is 147 cm³/mol. The second-order valence-electron chi connectivity index (χ2n) is 11.2. The molecule has 0 saturated heterocycles. The molecule has 0 unspecified atom stereocenters. The number of ether oxygens (including phenoxy) is 2. The molecule has 0 aliphatic heterocycles. The number of rotatable bonds is 11. The van der Waals surface area contributed by atoms with E-state index in [1.807, 2.05) is 106 Å². The third-order valence-corrected chi connectivity index (χ3v) is 5.05. The molecule has 39 heavy (non-hydrogen) atoms. The molecule has 0 saturated carbocycles. The van der Waals surface area contributed by atoms with Gasteiger partial charge in [-0.3, -0.25) is 0 Å². The number of hydrogen-bond donors (Lipinski definition) is 2. The highest BCUT2D eigenvalue weighted by atomic mass is 79.9. The number of halogens is 1. The Hall–Kier alpha value is -3.15. The van der Waals surface area contributed by atoms with Crippen molar-refractivity contribution in [1.82, 2.24) is 15.2 Å². The van der Waals surface area contributed by atoms with Gasteiger partial charge in [0.2, 0.25) is 0 Å². The van der Waals surface area contributed by atoms with E-state index in [1.54, 1.807) is 0 Å². The molecule has 11 nitrogen and oxygen atoms in total. The average Bonchev–Trinajstić information content (AvgIpc) is 3.17. The summed E-state index contributed by atoms with van der Waals surface area (Å²) in [7, 11) is 3.98. The number of nitrogens with one attached hydrogen (secondary N) is 2. The summed E-state index contributed by atoms with van der Waals surface area (Å²) in [4.78, 5) is 25.9. The smallest absolute Gasteiger partial charge is 0.421 e. The predicted octanol–water partition coefficient (Wildman–Crippen LogP) is 2.09. The molecule has 0 aliphatic rings. The van der Waals surface area contributed by atoms with E-state index in [1.165, 1.54) is 0 Å². The number of amides is 2. The monoisotopic (exact) mass is 609 g/mol. The zero-order chi connectivity index (χ0) is 28.3. The Morgan fingerprint density at radius 2 is 1.44 bits per heavy atom. The molecule has 12 heteroatoms. The fraction of sp³-hybridized carbons (Fsp3) is 0.593. The Balaban J connectivity index is 0.00000760. The highest BCUT2D eigenvalue weighted by Gasteiger charge is 2.19. The maximum absolute atomic E-state index is 11.9. The molecule has 2 aromatic rings. The van der Waals surface area contributed by atoms with Crippen molar-refractivity contribution < 1.29 is 40.6 Å². The number of anilines is 1. The quantitative estimate of drug-likeness (QED) is 0.230. The summed E-state index contributed by atoms with van der Waals surface area (Å²) < 4.78 is 14.6. The molecule has 0 aliphatic carbocycles. The van der Waals surface area contributed by atoms with Crippen LogP contribution in [0.25, 0.3) is 0 Å². The first-order valence-corrected chi connectivity index (χ1v) is 12.9. The maximum Gasteiger partial charge on any atom is 0.421 e. The van der Waals surface area contributed by atoms with Crippen molar-refractivity contribution in [2.75, 3.05) is 32.1 Å². The van der Waals surface area contributed by atoms with Crippen LogP contribution in [-0.4, -0.2) is 55.1 Å². The van der Waals surface area contributed by atoms with Crippen LogP contribution in [-0.2, 0) is 22.6 Å². The highest BCUT2D eigenvalue weighted by Crippen LogP contribution is 2.20. The Labute approximate surface area is 242 Å². The van der Waals surface area contributed by atoms with Crippen LogP contribution >= 0.6 is 0 Å². The van der Waals surface area contributed by atoms with Crippen LogP contribution in [0.15, 0.2) is 46.9 Å². The molecule has 2 amide bonds. The molecule has 1 heterocycles. The first-order valence-electron chi connectivity index (χ1n) is 12.9. The average molecular weight is 611 g/mol. The minimum Gasteiger partial charge on any atom is -1.00 e. The van der Waals surface area contributed by atoms with Crippen LogP contribution in [0.4, 0.5) is 26.9 Å². The van der Waals surface area contributed by atoms with Crippen LogP contribution in [0.5, 0.6) is 0 Å². The minimum atomic E-state index is -0.535. The van der Waals surface area contributed by atoms with E-state index >= 15 is 0 Å². The van der Waals surface area contributed by atoms with E-state index in [0.717, 1.165) is 11.4 Å². The molecule has 0 fully saturated rings. The largest absolute Gasteiger partial charge is 1.00 e. The van der Waals surface area contributed by atoms with Crippen molar-refractivity contribution in [3.05, 3.63) is 36.7 Å². The summed E-state index contributed by atoms with van der Waals surface area (Å²) in [6, 6.07) is 7.83. The fourth-order valence-corrected chi connectivity index (χ4v) is 3.35. The van der Waals surface area contributed by atoms with E-state index < -0.39 is 23.4 Å². The Bertz CT molecular complexity index is 1020. The molecule has 0 bridgehead atoms. The van der Waals surface area contributed by atoms with Gasteiger partial charge in [0.05, 0.1) is 25.5 Å². The molecular weight excluding hydrogens is 566 g/mol. The van der Waals surface area contributed by atoms with Gasteiger partial charge in [-0.1, -0.05) is 5.11 Å². The minimum absolute atomic E-state index is 0. The van der Waals surface area contributed by atoms with Crippen LogP contribution in [0.2, 0.25) is 0 Å². The number of benzene rings is 1. The summed E-state index contributed by atoms with van der Waals surface area (Å²) in [6.45, 7) is 13.2. The normalized spacial score (nSPS) is 11.6. The van der Waals surface area contributed by atoms with Crippen molar-refractivity contribution >= 4 is 29.5 Å². The van der Waals surface area contributed by atoms with Gasteiger partial charge in [0.25, 0.3) is 0 Å². The van der Waals surface area contributed by atoms with Gasteiger partial charge in [-0.15, -0.1) is 0 Å². The molecule has 2 rings (SSSR count). The third-order valence-electron chi connectivity index (χ3n) is 5.05. The summed E-state index contributed by atoms with van der Waals surface area (Å²) in [5, 5.41) is 14.6. The third kappa shape index (κ3) is 13.5. The molecule has 1 aromatic carbocycles. The number of carbonyl (C=O) groups excluding carboxylic acids is 2. The SMILES string of the molecule is CN(C)c1ccc(N=Nc2n(CCCNC(=O)OC(C)(C)C)cc[n+]2CCCNC(=O)OC(C)(C)C)cc1.[Br-]. The van der Waals surface area contributed by atoms with Crippen molar-refractivity contribution in [3.8, 4) is 0 Å². The molecule has 0 atom stereocenters. The lowest BCUT2D eigenvalue weighted by Crippen LogP contribution is -3.00. The van der Waals surface area contributed by atoms with E-state index in [0.29, 0.717) is 45.0 Å². The van der Waals surface area contributed by atoms with Gasteiger partial charge in [-0.05, 0) is 78.6 Å². The van der Waals surface area contributed by atoms with Gasteiger partial charge in [-0.2, -0.15) is 0 Å². The van der Waals surface area contributed by atoms with Crippen LogP contribution in [0, 0.1) is 0 Å². The van der Waals surface area contributed by atoms with Crippen LogP contribution in [0.1, 0.15) is 54.4 Å². The molecular formula is C27H44BrN7O4. The van der Waals surface area contributed by atoms with Crippen molar-refractivity contribution in [2.24, 2.45) is 10.2 Å². The van der Waals surface area contributed by atoms with Gasteiger partial charge < -0.3 is 42.0 Å². The molecule has 0 radical (unpaired) electrons. The van der Waals surface area contributed by atoms with E-state index in [4.69, 9.17) is 9.47 Å². The number of azo groups is 1. The van der Waals surface area contributed by atoms with E-state index in [2.05, 4.69) is 20.9 Å². The van der Waals surface area contributed by atoms with Gasteiger partial charge in [0.15, 0.2) is 0 Å². The number of alkyl carbamates (subject to hydrolysis) is 2. The summed E-state index contributed by atoms with van der Waals surface area (Å²) in [5.41, 5.74) is 0.754. The number of aryl methyl sites for hydroxylation is 2. The van der Waals surface area contributed by atoms with Crippen molar-refractivity contribution in [2.45, 2.75) is 78.7 Å². The Morgan fingerprint density at radius 1 is 0.897 bits per heavy atom. The Morgan fingerprint density at radius 3 is 1.95 bits per heavy atom. The van der Waals surface area contributed by atoms with Crippen LogP contribution < -0.4 is 37.1 Å². The number of carbonyl (C=O) groups is 2. The molecule has 218 valence electrons. The number of hydrogen-bond acceptors (Lipinski definition) is 7. The first-order chi connectivity index (χ1) is 17.7. The fourth-order valence-electron chi connectivity index (χ4n) is 3.35. The number of nitrogens with zero attached hydrogens (tertiary/aromatic N) is 5. The lowest BCUT2D eigenvalue weighted by atomic mass is 10.2. The van der Waals surface area contributed by atoms with Crippen LogP contribution in [0.3, 0.4) is 0 Å². The van der Waals surface area contributed by atoms with E-state index in [9.17, 15) is 9.59 Å². The zero-order valence-corrected chi connectivity index (χ0v) is 26.0. The number of aromatic nitrogens is 2. The van der Waals surface area contributed by atoms with Gasteiger partial charge in [0, 0.05) is 38.0 Å². The summed E-state index contributed by atoms with van der Waals surface area (Å²) in [6.07, 6.45) is 4.40. The van der Waals surface area contributed by atoms with E-state index in [-0.39, 0.29) is 17.0 Å². The van der Waals surface area contributed by atoms with Crippen molar-refractivity contribution in [3.63, 3.8) is 0 Å². The first kappa shape index (κ1) is 33.9. The van der Waals surface area contributed by atoms with Gasteiger partial charge in [0.1, 0.15) is 16.9 Å². The second-order valence-corrected chi connectivity index (χ2v) is 11.2. The lowest BCUT2D eigenvalue weighted by molar-refractivity contribution is -0.683. The van der Waals surface area contributed by atoms with Gasteiger partial charge >= 0.3 is 18.1 Å². The molecule has 0 spiro atoms. The maximum atomic E-state index is 11.9. The Kier molecular flexibility index (Phi) is 13.4. The highest BCUT2D eigenvalue weighted by molar-refractivity contribution is 5.67. The lowest BCUT2D eigenvalue weighted by Gasteiger charge is -2.19. The van der Waals surface area contributed by atoms with Gasteiger partial charge in [-0.25, -0.2) is 18.7 Å². The molecule has 1 aromatic heterocycles. The number of imidazole rings is 1. The zero-order valence-electron chi connectivity index (χ0n) is 24.5. The topological polar surface area (TPSA) is 113 Å². The second kappa shape index (κ2) is 15.4. The summed E-state index contributed by atoms with van der Waals surface area (Å²) >= 11 is 0. The van der Waals surface area contributed by atoms with Crippen molar-refractivity contribution in [1.29, 1.82) is 0 Å². The standard InChI is InChI=1S/C27H43N7O4.BrH/c1-26(2,3)37-24(35)28-15-9-17-33-19-20-34(18-10-16-29-25(36)38-27(4,5)6)23(33)31-30-21-11-13-22(14-12-21)32(7)8;/h11-14,19-20H,9-10,15-18H2,1-8H3,(H-,28,29,35,36);1H. The molecule has 2 N–H and O–H groups in total.